The van der Waals surface area contributed by atoms with Gasteiger partial charge in [0.25, 0.3) is 0 Å². The van der Waals surface area contributed by atoms with Crippen LogP contribution < -0.4 is 11.1 Å². The van der Waals surface area contributed by atoms with Crippen LogP contribution in [0.2, 0.25) is 12.6 Å². The van der Waals surface area contributed by atoms with Crippen molar-refractivity contribution in [1.29, 1.82) is 0 Å². The van der Waals surface area contributed by atoms with Crippen LogP contribution in [0.15, 0.2) is 0 Å². The van der Waals surface area contributed by atoms with Crippen LogP contribution >= 0.6 is 0 Å². The molecule has 98 valence electrons. The van der Waals surface area contributed by atoms with Crippen LogP contribution in [0.25, 0.3) is 0 Å². The first-order valence-electron chi connectivity index (χ1n) is 6.19. The molecule has 0 atom stereocenters. The van der Waals surface area contributed by atoms with Crippen molar-refractivity contribution in [3.63, 3.8) is 0 Å². The summed E-state index contributed by atoms with van der Waals surface area (Å²) >= 11 is 0. The highest BCUT2D eigenvalue weighted by Crippen LogP contribution is 2.09. The molecule has 0 rings (SSSR count). The fraction of sp³-hybridized carbons (Fsp3) is 1.00. The van der Waals surface area contributed by atoms with E-state index in [9.17, 15) is 0 Å². The largest absolute Gasteiger partial charge is 0.398 e. The molecule has 0 aliphatic rings. The van der Waals surface area contributed by atoms with Gasteiger partial charge in [0, 0.05) is 20.3 Å². The maximum atomic E-state index is 5.43. The van der Waals surface area contributed by atoms with E-state index in [0.29, 0.717) is 0 Å². The Balaban J connectivity index is 3.26. The molecule has 0 amide bonds. The summed E-state index contributed by atoms with van der Waals surface area (Å²) in [5, 5.41) is 3.43. The van der Waals surface area contributed by atoms with E-state index in [4.69, 9.17) is 14.6 Å². The highest BCUT2D eigenvalue weighted by Gasteiger charge is 2.27. The lowest BCUT2D eigenvalue weighted by atomic mass is 10.2. The maximum Gasteiger partial charge on any atom is 0.335 e. The minimum Gasteiger partial charge on any atom is -0.398 e. The lowest BCUT2D eigenvalue weighted by molar-refractivity contribution is 0.249. The predicted molar refractivity (Wildman–Crippen MR) is 70.8 cm³/mol. The summed E-state index contributed by atoms with van der Waals surface area (Å²) < 4.78 is 10.8. The van der Waals surface area contributed by atoms with Gasteiger partial charge in [-0.1, -0.05) is 12.8 Å². The summed E-state index contributed by atoms with van der Waals surface area (Å²) in [7, 11) is 1.62. The zero-order valence-electron chi connectivity index (χ0n) is 11.1. The number of rotatable bonds is 11. The minimum absolute atomic E-state index is 0.819. The van der Waals surface area contributed by atoms with E-state index in [-0.39, 0.29) is 0 Å². The van der Waals surface area contributed by atoms with Gasteiger partial charge in [0.1, 0.15) is 0 Å². The number of nitrogens with one attached hydrogen (secondary N) is 1. The van der Waals surface area contributed by atoms with Crippen molar-refractivity contribution in [3.8, 4) is 0 Å². The molecule has 0 aromatic heterocycles. The first-order valence-corrected chi connectivity index (χ1v) is 8.72. The van der Waals surface area contributed by atoms with E-state index in [1.165, 1.54) is 19.3 Å². The van der Waals surface area contributed by atoms with Crippen LogP contribution in [0.3, 0.4) is 0 Å². The quantitative estimate of drug-likeness (QED) is 0.429. The Kier molecular flexibility index (Phi) is 10.3. The normalized spacial score (nSPS) is 12.0. The molecule has 16 heavy (non-hydrogen) atoms. The number of hydrogen-bond acceptors (Lipinski definition) is 4. The average Bonchev–Trinajstić information content (AvgIpc) is 2.32. The summed E-state index contributed by atoms with van der Waals surface area (Å²) in [4.78, 5) is 0. The standard InChI is InChI=1S/C11H28N2O2Si/c1-14-16(3,15-2)11-10-13-9-7-5-4-6-8-12/h13H,4-12H2,1-3H3. The third kappa shape index (κ3) is 8.24. The molecule has 4 nitrogen and oxygen atoms in total. The molecule has 0 bridgehead atoms. The third-order valence-electron chi connectivity index (χ3n) is 2.93. The molecular formula is C11H28N2O2Si. The second-order valence-corrected chi connectivity index (χ2v) is 7.83. The minimum atomic E-state index is -1.86. The van der Waals surface area contributed by atoms with Crippen LogP contribution in [0.5, 0.6) is 0 Å². The van der Waals surface area contributed by atoms with Crippen LogP contribution in [-0.4, -0.2) is 42.4 Å². The van der Waals surface area contributed by atoms with Crippen molar-refractivity contribution in [1.82, 2.24) is 5.32 Å². The van der Waals surface area contributed by atoms with Crippen LogP contribution in [-0.2, 0) is 8.85 Å². The number of unbranched alkanes of at least 4 members (excludes halogenated alkanes) is 3. The monoisotopic (exact) mass is 248 g/mol. The molecule has 0 heterocycles. The van der Waals surface area contributed by atoms with Crippen molar-refractivity contribution < 1.29 is 8.85 Å². The molecule has 0 saturated heterocycles. The SMILES string of the molecule is CO[Si](C)(CCNCCCCCCN)OC. The highest BCUT2D eigenvalue weighted by atomic mass is 28.4. The molecule has 0 unspecified atom stereocenters. The Morgan fingerprint density at radius 2 is 1.62 bits per heavy atom. The van der Waals surface area contributed by atoms with Crippen LogP contribution in [0, 0.1) is 0 Å². The lowest BCUT2D eigenvalue weighted by Crippen LogP contribution is -2.39. The Morgan fingerprint density at radius 3 is 2.19 bits per heavy atom. The smallest absolute Gasteiger partial charge is 0.335 e. The Bertz CT molecular complexity index is 155. The summed E-state index contributed by atoms with van der Waals surface area (Å²) in [6, 6.07) is 1.00. The van der Waals surface area contributed by atoms with E-state index in [1.807, 2.05) is 0 Å². The van der Waals surface area contributed by atoms with Gasteiger partial charge in [0.15, 0.2) is 0 Å². The van der Waals surface area contributed by atoms with Gasteiger partial charge >= 0.3 is 8.56 Å². The summed E-state index contributed by atoms with van der Waals surface area (Å²) in [5.74, 6) is 0. The van der Waals surface area contributed by atoms with Crippen molar-refractivity contribution in [3.05, 3.63) is 0 Å². The first kappa shape index (κ1) is 16.1. The zero-order chi connectivity index (χ0) is 12.3. The molecular weight excluding hydrogens is 220 g/mol. The number of hydrogen-bond donors (Lipinski definition) is 2. The Labute approximate surface area is 101 Å². The van der Waals surface area contributed by atoms with E-state index in [0.717, 1.165) is 32.1 Å². The van der Waals surface area contributed by atoms with Gasteiger partial charge in [-0.2, -0.15) is 0 Å². The van der Waals surface area contributed by atoms with E-state index < -0.39 is 8.56 Å². The summed E-state index contributed by atoms with van der Waals surface area (Å²) in [6.07, 6.45) is 4.91. The van der Waals surface area contributed by atoms with Gasteiger partial charge in [0.05, 0.1) is 0 Å². The molecule has 3 N–H and O–H groups in total. The Hall–Kier alpha value is 0.0569. The Morgan fingerprint density at radius 1 is 1.00 bits per heavy atom. The van der Waals surface area contributed by atoms with Crippen molar-refractivity contribution >= 4 is 8.56 Å². The molecule has 5 heteroatoms. The van der Waals surface area contributed by atoms with Crippen LogP contribution in [0.4, 0.5) is 0 Å². The summed E-state index contributed by atoms with van der Waals surface area (Å²) in [6.45, 7) is 4.98. The van der Waals surface area contributed by atoms with Crippen molar-refractivity contribution in [2.45, 2.75) is 38.3 Å². The lowest BCUT2D eigenvalue weighted by Gasteiger charge is -2.22. The average molecular weight is 248 g/mol. The van der Waals surface area contributed by atoms with Crippen LogP contribution in [0.1, 0.15) is 25.7 Å². The molecule has 0 aliphatic heterocycles. The van der Waals surface area contributed by atoms with E-state index in [1.54, 1.807) is 14.2 Å². The molecule has 0 fully saturated rings. The summed E-state index contributed by atoms with van der Waals surface area (Å²) in [5.41, 5.74) is 5.43. The van der Waals surface area contributed by atoms with Crippen molar-refractivity contribution in [2.75, 3.05) is 33.9 Å². The number of nitrogens with two attached hydrogens (primary N) is 1. The third-order valence-corrected chi connectivity index (χ3v) is 5.81. The van der Waals surface area contributed by atoms with E-state index in [2.05, 4.69) is 11.9 Å². The molecule has 0 aromatic carbocycles. The van der Waals surface area contributed by atoms with Crippen molar-refractivity contribution in [2.24, 2.45) is 5.73 Å². The van der Waals surface area contributed by atoms with Gasteiger partial charge in [-0.05, 0) is 39.0 Å². The van der Waals surface area contributed by atoms with Gasteiger partial charge < -0.3 is 19.9 Å². The maximum absolute atomic E-state index is 5.43. The zero-order valence-corrected chi connectivity index (χ0v) is 12.1. The second-order valence-electron chi connectivity index (χ2n) is 4.24. The topological polar surface area (TPSA) is 56.5 Å². The van der Waals surface area contributed by atoms with Gasteiger partial charge in [-0.15, -0.1) is 0 Å². The fourth-order valence-electron chi connectivity index (χ4n) is 1.48. The predicted octanol–water partition coefficient (Wildman–Crippen LogP) is 1.46. The molecule has 0 aromatic rings. The van der Waals surface area contributed by atoms with Gasteiger partial charge in [-0.25, -0.2) is 0 Å². The first-order chi connectivity index (χ1) is 7.68. The molecule has 0 radical (unpaired) electrons. The van der Waals surface area contributed by atoms with Gasteiger partial charge in [0.2, 0.25) is 0 Å². The second kappa shape index (κ2) is 10.2. The molecule has 0 aliphatic carbocycles. The van der Waals surface area contributed by atoms with E-state index >= 15 is 0 Å². The molecule has 0 spiro atoms. The molecule has 0 saturated carbocycles. The fourth-order valence-corrected chi connectivity index (χ4v) is 2.68. The highest BCUT2D eigenvalue weighted by molar-refractivity contribution is 6.66. The van der Waals surface area contributed by atoms with Gasteiger partial charge in [-0.3, -0.25) is 0 Å².